The topological polar surface area (TPSA) is 80.6 Å². The highest BCUT2D eigenvalue weighted by atomic mass is 16.5. The summed E-state index contributed by atoms with van der Waals surface area (Å²) in [6.45, 7) is 4.09. The van der Waals surface area contributed by atoms with Crippen LogP contribution in [0.15, 0.2) is 47.4 Å². The van der Waals surface area contributed by atoms with Crippen LogP contribution in [-0.2, 0) is 7.05 Å². The molecule has 0 saturated carbocycles. The number of para-hydroxylation sites is 1. The van der Waals surface area contributed by atoms with Crippen LogP contribution in [0.2, 0.25) is 0 Å². The van der Waals surface area contributed by atoms with Gasteiger partial charge in [-0.3, -0.25) is 14.4 Å². The minimum absolute atomic E-state index is 0.152. The molecule has 29 heavy (non-hydrogen) atoms. The van der Waals surface area contributed by atoms with Crippen molar-refractivity contribution in [3.63, 3.8) is 0 Å². The van der Waals surface area contributed by atoms with E-state index in [1.807, 2.05) is 19.1 Å². The van der Waals surface area contributed by atoms with Gasteiger partial charge in [0.25, 0.3) is 17.4 Å². The van der Waals surface area contributed by atoms with Crippen LogP contribution in [0.5, 0.6) is 5.75 Å². The molecule has 0 radical (unpaired) electrons. The van der Waals surface area contributed by atoms with Gasteiger partial charge in [0.15, 0.2) is 0 Å². The van der Waals surface area contributed by atoms with Crippen LogP contribution in [-0.4, -0.2) is 47.5 Å². The quantitative estimate of drug-likeness (QED) is 0.809. The fourth-order valence-electron chi connectivity index (χ4n) is 3.54. The molecule has 2 heterocycles. The van der Waals surface area contributed by atoms with E-state index in [2.05, 4.69) is 5.32 Å². The number of carbonyl (C=O) groups excluding carboxylic acids is 2. The molecule has 1 aromatic heterocycles. The van der Waals surface area contributed by atoms with Gasteiger partial charge in [-0.25, -0.2) is 0 Å². The first-order chi connectivity index (χ1) is 14.0. The van der Waals surface area contributed by atoms with E-state index in [9.17, 15) is 14.4 Å². The number of pyridine rings is 1. The van der Waals surface area contributed by atoms with Gasteiger partial charge in [-0.2, -0.15) is 0 Å². The number of aryl methyl sites for hydroxylation is 1. The average Bonchev–Trinajstić information content (AvgIpc) is 2.74. The maximum atomic E-state index is 12.7. The van der Waals surface area contributed by atoms with Crippen molar-refractivity contribution in [3.8, 4) is 5.75 Å². The van der Waals surface area contributed by atoms with Crippen LogP contribution in [0.25, 0.3) is 0 Å². The maximum Gasteiger partial charge on any atom is 0.263 e. The van der Waals surface area contributed by atoms with Crippen molar-refractivity contribution in [2.45, 2.75) is 19.8 Å². The molecule has 1 fully saturated rings. The second-order valence-corrected chi connectivity index (χ2v) is 7.21. The highest BCUT2D eigenvalue weighted by Gasteiger charge is 2.25. The number of hydrogen-bond acceptors (Lipinski definition) is 4. The van der Waals surface area contributed by atoms with Gasteiger partial charge in [0, 0.05) is 32.9 Å². The zero-order valence-electron chi connectivity index (χ0n) is 16.9. The maximum absolute atomic E-state index is 12.7. The Kier molecular flexibility index (Phi) is 6.69. The van der Waals surface area contributed by atoms with Crippen molar-refractivity contribution in [1.82, 2.24) is 14.8 Å². The van der Waals surface area contributed by atoms with Crippen molar-refractivity contribution in [3.05, 3.63) is 64.1 Å². The number of likely N-dealkylation sites (tertiary alicyclic amines) is 1. The van der Waals surface area contributed by atoms with Gasteiger partial charge in [0.2, 0.25) is 0 Å². The fourth-order valence-corrected chi connectivity index (χ4v) is 3.54. The highest BCUT2D eigenvalue weighted by Crippen LogP contribution is 2.20. The number of piperidine rings is 1. The molecule has 154 valence electrons. The molecule has 1 aliphatic rings. The molecule has 0 spiro atoms. The minimum atomic E-state index is -0.278. The Labute approximate surface area is 170 Å². The van der Waals surface area contributed by atoms with Gasteiger partial charge < -0.3 is 19.5 Å². The Balaban J connectivity index is 1.53. The summed E-state index contributed by atoms with van der Waals surface area (Å²) in [4.78, 5) is 39.1. The zero-order valence-corrected chi connectivity index (χ0v) is 16.9. The molecule has 7 heteroatoms. The summed E-state index contributed by atoms with van der Waals surface area (Å²) in [5.41, 5.74) is 0.455. The summed E-state index contributed by atoms with van der Waals surface area (Å²) in [7, 11) is 1.64. The van der Waals surface area contributed by atoms with E-state index >= 15 is 0 Å². The molecule has 0 aliphatic carbocycles. The van der Waals surface area contributed by atoms with Crippen molar-refractivity contribution in [2.24, 2.45) is 13.0 Å². The Morgan fingerprint density at radius 1 is 1.10 bits per heavy atom. The summed E-state index contributed by atoms with van der Waals surface area (Å²) >= 11 is 0. The third-order valence-electron chi connectivity index (χ3n) is 5.24. The van der Waals surface area contributed by atoms with Crippen molar-refractivity contribution in [2.75, 3.05) is 26.2 Å². The summed E-state index contributed by atoms with van der Waals surface area (Å²) < 4.78 is 6.93. The van der Waals surface area contributed by atoms with E-state index in [0.717, 1.165) is 12.8 Å². The molecule has 3 rings (SSSR count). The number of carbonyl (C=O) groups is 2. The van der Waals surface area contributed by atoms with Gasteiger partial charge in [0.1, 0.15) is 11.3 Å². The third kappa shape index (κ3) is 4.85. The molecule has 1 aromatic carbocycles. The van der Waals surface area contributed by atoms with Crippen LogP contribution in [0.3, 0.4) is 0 Å². The monoisotopic (exact) mass is 397 g/mol. The lowest BCUT2D eigenvalue weighted by Gasteiger charge is -2.32. The number of rotatable bonds is 6. The van der Waals surface area contributed by atoms with Crippen molar-refractivity contribution < 1.29 is 14.3 Å². The number of aromatic nitrogens is 1. The van der Waals surface area contributed by atoms with Crippen LogP contribution in [0.1, 0.15) is 40.5 Å². The lowest BCUT2D eigenvalue weighted by molar-refractivity contribution is 0.0681. The first-order valence-corrected chi connectivity index (χ1v) is 9.96. The summed E-state index contributed by atoms with van der Waals surface area (Å²) in [5, 5.41) is 2.98. The Morgan fingerprint density at radius 3 is 2.52 bits per heavy atom. The Bertz CT molecular complexity index is 930. The summed E-state index contributed by atoms with van der Waals surface area (Å²) in [5.74, 6) is 0.498. The van der Waals surface area contributed by atoms with Crippen molar-refractivity contribution >= 4 is 11.8 Å². The first kappa shape index (κ1) is 20.6. The molecular weight excluding hydrogens is 370 g/mol. The number of nitrogens with one attached hydrogen (secondary N) is 1. The first-order valence-electron chi connectivity index (χ1n) is 9.96. The lowest BCUT2D eigenvalue weighted by atomic mass is 9.96. The van der Waals surface area contributed by atoms with E-state index in [4.69, 9.17) is 4.74 Å². The number of amides is 2. The fraction of sp³-hybridized carbons (Fsp3) is 0.409. The normalized spacial score (nSPS) is 14.5. The molecular formula is C22H27N3O4. The van der Waals surface area contributed by atoms with Gasteiger partial charge >= 0.3 is 0 Å². The molecule has 1 aliphatic heterocycles. The molecule has 1 saturated heterocycles. The van der Waals surface area contributed by atoms with Gasteiger partial charge in [-0.15, -0.1) is 0 Å². The lowest BCUT2D eigenvalue weighted by Crippen LogP contribution is -2.43. The van der Waals surface area contributed by atoms with E-state index < -0.39 is 0 Å². The van der Waals surface area contributed by atoms with Gasteiger partial charge in [-0.05, 0) is 49.9 Å². The average molecular weight is 397 g/mol. The molecule has 1 N–H and O–H groups in total. The summed E-state index contributed by atoms with van der Waals surface area (Å²) in [6.07, 6.45) is 3.20. The van der Waals surface area contributed by atoms with E-state index in [1.54, 1.807) is 42.4 Å². The van der Waals surface area contributed by atoms with E-state index in [1.165, 1.54) is 4.57 Å². The number of nitrogens with zero attached hydrogens (tertiary/aromatic N) is 2. The van der Waals surface area contributed by atoms with Crippen LogP contribution in [0, 0.1) is 5.92 Å². The Morgan fingerprint density at radius 2 is 1.79 bits per heavy atom. The SMILES string of the molecule is CCOc1ccccc1C(=O)NCC1CCN(C(=O)c2cccn(C)c2=O)CC1. The van der Waals surface area contributed by atoms with E-state index in [-0.39, 0.29) is 22.9 Å². The van der Waals surface area contributed by atoms with Crippen LogP contribution < -0.4 is 15.6 Å². The number of ether oxygens (including phenoxy) is 1. The molecule has 0 unspecified atom stereocenters. The second-order valence-electron chi connectivity index (χ2n) is 7.21. The smallest absolute Gasteiger partial charge is 0.263 e. The largest absolute Gasteiger partial charge is 0.493 e. The minimum Gasteiger partial charge on any atom is -0.493 e. The summed E-state index contributed by atoms with van der Waals surface area (Å²) in [6, 6.07) is 10.5. The standard InChI is InChI=1S/C22H27N3O4/c1-3-29-19-9-5-4-7-17(19)20(26)23-15-16-10-13-25(14-11-16)22(28)18-8-6-12-24(2)21(18)27/h4-9,12,16H,3,10-11,13-15H2,1-2H3,(H,23,26). The highest BCUT2D eigenvalue weighted by molar-refractivity contribution is 5.97. The molecule has 7 nitrogen and oxygen atoms in total. The predicted molar refractivity (Wildman–Crippen MR) is 110 cm³/mol. The molecule has 2 aromatic rings. The second kappa shape index (κ2) is 9.41. The molecule has 2 amide bonds. The predicted octanol–water partition coefficient (Wildman–Crippen LogP) is 2.07. The van der Waals surface area contributed by atoms with Gasteiger partial charge in [-0.1, -0.05) is 12.1 Å². The van der Waals surface area contributed by atoms with Crippen LogP contribution >= 0.6 is 0 Å². The van der Waals surface area contributed by atoms with Crippen LogP contribution in [0.4, 0.5) is 0 Å². The van der Waals surface area contributed by atoms with E-state index in [0.29, 0.717) is 43.5 Å². The number of hydrogen-bond donors (Lipinski definition) is 1. The van der Waals surface area contributed by atoms with Gasteiger partial charge in [0.05, 0.1) is 12.2 Å². The molecule has 0 atom stereocenters. The third-order valence-corrected chi connectivity index (χ3v) is 5.24. The van der Waals surface area contributed by atoms with Crippen molar-refractivity contribution in [1.29, 1.82) is 0 Å². The molecule has 0 bridgehead atoms. The zero-order chi connectivity index (χ0) is 20.8. The number of benzene rings is 1. The Hall–Kier alpha value is -3.09.